The first-order valence-corrected chi connectivity index (χ1v) is 9.49. The minimum Gasteiger partial charge on any atom is -0.322 e. The molecule has 0 aromatic heterocycles. The number of urea groups is 1. The number of piperazine rings is 1. The number of nitrogens with one attached hydrogen (secondary N) is 1. The van der Waals surface area contributed by atoms with Gasteiger partial charge in [0.2, 0.25) is 0 Å². The first-order valence-electron chi connectivity index (χ1n) is 8.69. The van der Waals surface area contributed by atoms with E-state index >= 15 is 0 Å². The minimum absolute atomic E-state index is 0.0266. The van der Waals surface area contributed by atoms with Gasteiger partial charge in [0.15, 0.2) is 0 Å². The maximum atomic E-state index is 12.5. The fourth-order valence-corrected chi connectivity index (χ4v) is 4.17. The summed E-state index contributed by atoms with van der Waals surface area (Å²) >= 11 is 3.45. The molecule has 1 aliphatic heterocycles. The van der Waals surface area contributed by atoms with Crippen LogP contribution in [-0.2, 0) is 0 Å². The molecule has 126 valence electrons. The Morgan fingerprint density at radius 2 is 1.83 bits per heavy atom. The van der Waals surface area contributed by atoms with E-state index in [-0.39, 0.29) is 6.03 Å². The Labute approximate surface area is 147 Å². The third kappa shape index (κ3) is 4.27. The Morgan fingerprint density at radius 3 is 2.48 bits per heavy atom. The zero-order chi connectivity index (χ0) is 16.2. The van der Waals surface area contributed by atoms with Crippen LogP contribution in [0.5, 0.6) is 0 Å². The van der Waals surface area contributed by atoms with Crippen LogP contribution in [0.1, 0.15) is 37.7 Å². The van der Waals surface area contributed by atoms with Crippen LogP contribution in [0.4, 0.5) is 10.5 Å². The molecule has 0 atom stereocenters. The predicted molar refractivity (Wildman–Crippen MR) is 97.9 cm³/mol. The molecule has 1 aromatic carbocycles. The van der Waals surface area contributed by atoms with E-state index in [1.807, 2.05) is 30.0 Å². The Bertz CT molecular complexity index is 549. The van der Waals surface area contributed by atoms with Gasteiger partial charge in [-0.15, -0.1) is 0 Å². The van der Waals surface area contributed by atoms with E-state index in [1.165, 1.54) is 32.1 Å². The van der Waals surface area contributed by atoms with Crippen molar-refractivity contribution in [1.29, 1.82) is 0 Å². The van der Waals surface area contributed by atoms with Gasteiger partial charge in [0.05, 0.1) is 0 Å². The zero-order valence-electron chi connectivity index (χ0n) is 13.9. The smallest absolute Gasteiger partial charge is 0.321 e. The molecule has 0 unspecified atom stereocenters. The molecular formula is C18H26BrN3O. The molecule has 1 saturated heterocycles. The van der Waals surface area contributed by atoms with Crippen molar-refractivity contribution in [3.63, 3.8) is 0 Å². The van der Waals surface area contributed by atoms with E-state index in [0.29, 0.717) is 0 Å². The highest BCUT2D eigenvalue weighted by Crippen LogP contribution is 2.24. The van der Waals surface area contributed by atoms with Gasteiger partial charge in [-0.1, -0.05) is 35.2 Å². The number of nitrogens with zero attached hydrogens (tertiary/aromatic N) is 2. The Morgan fingerprint density at radius 1 is 1.13 bits per heavy atom. The molecule has 0 bridgehead atoms. The molecule has 4 nitrogen and oxygen atoms in total. The van der Waals surface area contributed by atoms with E-state index in [1.54, 1.807) is 0 Å². The molecule has 1 N–H and O–H groups in total. The summed E-state index contributed by atoms with van der Waals surface area (Å²) in [6.45, 7) is 5.70. The van der Waals surface area contributed by atoms with Crippen LogP contribution >= 0.6 is 15.9 Å². The van der Waals surface area contributed by atoms with Crippen LogP contribution in [-0.4, -0.2) is 48.1 Å². The quantitative estimate of drug-likeness (QED) is 0.833. The van der Waals surface area contributed by atoms with E-state index in [2.05, 4.69) is 26.1 Å². The first kappa shape index (κ1) is 16.8. The van der Waals surface area contributed by atoms with Gasteiger partial charge >= 0.3 is 6.03 Å². The van der Waals surface area contributed by atoms with Gasteiger partial charge in [-0.2, -0.15) is 0 Å². The van der Waals surface area contributed by atoms with Crippen LogP contribution in [0.3, 0.4) is 0 Å². The third-order valence-electron chi connectivity index (χ3n) is 5.12. The fraction of sp³-hybridized carbons (Fsp3) is 0.611. The molecule has 2 fully saturated rings. The second-order valence-electron chi connectivity index (χ2n) is 6.70. The summed E-state index contributed by atoms with van der Waals surface area (Å²) in [5.41, 5.74) is 1.97. The fourth-order valence-electron chi connectivity index (χ4n) is 3.70. The maximum Gasteiger partial charge on any atom is 0.321 e. The molecule has 1 aliphatic carbocycles. The van der Waals surface area contributed by atoms with E-state index in [9.17, 15) is 4.79 Å². The van der Waals surface area contributed by atoms with E-state index in [0.717, 1.165) is 47.9 Å². The lowest BCUT2D eigenvalue weighted by Gasteiger charge is -2.40. The normalized spacial score (nSPS) is 20.5. The van der Waals surface area contributed by atoms with E-state index in [4.69, 9.17) is 0 Å². The number of hydrogen-bond donors (Lipinski definition) is 1. The third-order valence-corrected chi connectivity index (χ3v) is 5.62. The topological polar surface area (TPSA) is 35.6 Å². The second-order valence-corrected chi connectivity index (χ2v) is 7.62. The number of amides is 2. The van der Waals surface area contributed by atoms with Crippen molar-refractivity contribution in [3.8, 4) is 0 Å². The van der Waals surface area contributed by atoms with Crippen molar-refractivity contribution in [1.82, 2.24) is 9.80 Å². The van der Waals surface area contributed by atoms with Crippen molar-refractivity contribution in [2.75, 3.05) is 31.5 Å². The van der Waals surface area contributed by atoms with Gasteiger partial charge in [-0.3, -0.25) is 4.90 Å². The summed E-state index contributed by atoms with van der Waals surface area (Å²) in [4.78, 5) is 17.0. The van der Waals surface area contributed by atoms with Crippen LogP contribution in [0.15, 0.2) is 22.7 Å². The van der Waals surface area contributed by atoms with Gasteiger partial charge in [0.25, 0.3) is 0 Å². The molecule has 1 saturated carbocycles. The predicted octanol–water partition coefficient (Wildman–Crippen LogP) is 4.24. The largest absolute Gasteiger partial charge is 0.322 e. The first-order chi connectivity index (χ1) is 11.1. The van der Waals surface area contributed by atoms with Gasteiger partial charge in [-0.25, -0.2) is 4.79 Å². The van der Waals surface area contributed by atoms with Crippen LogP contribution in [0.2, 0.25) is 0 Å². The van der Waals surface area contributed by atoms with E-state index < -0.39 is 0 Å². The summed E-state index contributed by atoms with van der Waals surface area (Å²) in [7, 11) is 0. The van der Waals surface area contributed by atoms with Crippen molar-refractivity contribution in [2.45, 2.75) is 45.1 Å². The van der Waals surface area contributed by atoms with Crippen LogP contribution < -0.4 is 5.32 Å². The molecule has 2 aliphatic rings. The molecule has 5 heteroatoms. The van der Waals surface area contributed by atoms with Gasteiger partial charge in [-0.05, 0) is 43.5 Å². The molecular weight excluding hydrogens is 354 g/mol. The van der Waals surface area contributed by atoms with Gasteiger partial charge in [0.1, 0.15) is 0 Å². The van der Waals surface area contributed by atoms with Crippen molar-refractivity contribution >= 4 is 27.6 Å². The highest BCUT2D eigenvalue weighted by Gasteiger charge is 2.27. The van der Waals surface area contributed by atoms with Crippen molar-refractivity contribution in [2.24, 2.45) is 0 Å². The molecule has 2 amide bonds. The SMILES string of the molecule is Cc1cc(Br)ccc1NC(=O)N1CCN(C2CCCCC2)CC1. The number of carbonyl (C=O) groups excluding carboxylic acids is 1. The highest BCUT2D eigenvalue weighted by molar-refractivity contribution is 9.10. The number of carbonyl (C=O) groups is 1. The number of rotatable bonds is 2. The Kier molecular flexibility index (Phi) is 5.59. The van der Waals surface area contributed by atoms with Crippen molar-refractivity contribution < 1.29 is 4.79 Å². The average molecular weight is 380 g/mol. The zero-order valence-corrected chi connectivity index (χ0v) is 15.4. The Hall–Kier alpha value is -1.07. The average Bonchev–Trinajstić information content (AvgIpc) is 2.58. The highest BCUT2D eigenvalue weighted by atomic mass is 79.9. The molecule has 0 spiro atoms. The summed E-state index contributed by atoms with van der Waals surface area (Å²) in [5, 5.41) is 3.05. The second kappa shape index (κ2) is 7.67. The van der Waals surface area contributed by atoms with Crippen molar-refractivity contribution in [3.05, 3.63) is 28.2 Å². The summed E-state index contributed by atoms with van der Waals surface area (Å²) in [5.74, 6) is 0. The minimum atomic E-state index is 0.0266. The molecule has 1 heterocycles. The number of halogens is 1. The molecule has 0 radical (unpaired) electrons. The molecule has 23 heavy (non-hydrogen) atoms. The number of hydrogen-bond acceptors (Lipinski definition) is 2. The van der Waals surface area contributed by atoms with Crippen LogP contribution in [0, 0.1) is 6.92 Å². The lowest BCUT2D eigenvalue weighted by atomic mass is 9.94. The van der Waals surface area contributed by atoms with Gasteiger partial charge < -0.3 is 10.2 Å². The summed E-state index contributed by atoms with van der Waals surface area (Å²) < 4.78 is 1.04. The maximum absolute atomic E-state index is 12.5. The lowest BCUT2D eigenvalue weighted by Crippen LogP contribution is -2.53. The summed E-state index contributed by atoms with van der Waals surface area (Å²) in [6.07, 6.45) is 6.81. The number of aryl methyl sites for hydroxylation is 1. The molecule has 1 aromatic rings. The monoisotopic (exact) mass is 379 g/mol. The summed E-state index contributed by atoms with van der Waals surface area (Å²) in [6, 6.07) is 6.72. The number of anilines is 1. The van der Waals surface area contributed by atoms with Gasteiger partial charge in [0, 0.05) is 42.4 Å². The lowest BCUT2D eigenvalue weighted by molar-refractivity contribution is 0.0943. The Balaban J connectivity index is 1.51. The number of benzene rings is 1. The standard InChI is InChI=1S/C18H26BrN3O/c1-14-13-15(19)7-8-17(14)20-18(23)22-11-9-21(10-12-22)16-5-3-2-4-6-16/h7-8,13,16H,2-6,9-12H2,1H3,(H,20,23). The van der Waals surface area contributed by atoms with Crippen LogP contribution in [0.25, 0.3) is 0 Å². The molecule has 3 rings (SSSR count).